The number of amides is 1. The van der Waals surface area contributed by atoms with Gasteiger partial charge in [0.15, 0.2) is 5.75 Å². The van der Waals surface area contributed by atoms with Crippen LogP contribution in [0.4, 0.5) is 5.69 Å². The third kappa shape index (κ3) is 7.36. The van der Waals surface area contributed by atoms with E-state index in [1.165, 1.54) is 6.42 Å². The third-order valence-electron chi connectivity index (χ3n) is 5.85. The van der Waals surface area contributed by atoms with E-state index in [0.717, 1.165) is 55.7 Å². The zero-order valence-corrected chi connectivity index (χ0v) is 19.1. The lowest BCUT2D eigenvalue weighted by Gasteiger charge is -2.32. The number of esters is 1. The van der Waals surface area contributed by atoms with Gasteiger partial charge >= 0.3 is 5.97 Å². The monoisotopic (exact) mass is 419 g/mol. The predicted molar refractivity (Wildman–Crippen MR) is 123 cm³/mol. The first-order chi connectivity index (χ1) is 14.1. The van der Waals surface area contributed by atoms with Crippen LogP contribution in [0.3, 0.4) is 0 Å². The Balaban J connectivity index is 2.24. The van der Waals surface area contributed by atoms with Crippen molar-refractivity contribution >= 4 is 29.3 Å². The SMILES string of the molecule is CCSCCC(=O)Oc1ccccc1N(CC(CC)CC)C(=O)C1CCCCC1. The first-order valence-electron chi connectivity index (χ1n) is 11.3. The summed E-state index contributed by atoms with van der Waals surface area (Å²) in [7, 11) is 0. The highest BCUT2D eigenvalue weighted by Gasteiger charge is 2.30. The molecule has 0 unspecified atom stereocenters. The molecular weight excluding hydrogens is 382 g/mol. The van der Waals surface area contributed by atoms with Gasteiger partial charge in [0.1, 0.15) is 0 Å². The van der Waals surface area contributed by atoms with E-state index in [9.17, 15) is 9.59 Å². The number of carbonyl (C=O) groups is 2. The second-order valence-corrected chi connectivity index (χ2v) is 9.25. The van der Waals surface area contributed by atoms with E-state index in [4.69, 9.17) is 4.74 Å². The molecule has 0 heterocycles. The standard InChI is InChI=1S/C24H37NO3S/c1-4-19(5-2)18-25(24(27)20-12-8-7-9-13-20)21-14-10-11-15-22(21)28-23(26)16-17-29-6-3/h10-11,14-15,19-20H,4-9,12-13,16-18H2,1-3H3. The van der Waals surface area contributed by atoms with E-state index in [0.29, 0.717) is 24.6 Å². The molecule has 0 N–H and O–H groups in total. The van der Waals surface area contributed by atoms with Crippen molar-refractivity contribution < 1.29 is 14.3 Å². The summed E-state index contributed by atoms with van der Waals surface area (Å²) in [5.41, 5.74) is 0.742. The van der Waals surface area contributed by atoms with Crippen molar-refractivity contribution in [2.75, 3.05) is 23.0 Å². The summed E-state index contributed by atoms with van der Waals surface area (Å²) < 4.78 is 5.71. The molecule has 29 heavy (non-hydrogen) atoms. The Morgan fingerprint density at radius 3 is 2.45 bits per heavy atom. The van der Waals surface area contributed by atoms with Crippen LogP contribution < -0.4 is 9.64 Å². The molecule has 1 fully saturated rings. The van der Waals surface area contributed by atoms with Gasteiger partial charge in [-0.15, -0.1) is 0 Å². The van der Waals surface area contributed by atoms with Gasteiger partial charge in [-0.05, 0) is 36.6 Å². The number of thioether (sulfide) groups is 1. The Hall–Kier alpha value is -1.49. The molecule has 1 aromatic rings. The highest BCUT2D eigenvalue weighted by molar-refractivity contribution is 7.99. The smallest absolute Gasteiger partial charge is 0.312 e. The molecule has 0 bridgehead atoms. The van der Waals surface area contributed by atoms with Gasteiger partial charge in [-0.3, -0.25) is 9.59 Å². The van der Waals surface area contributed by atoms with Crippen molar-refractivity contribution in [3.05, 3.63) is 24.3 Å². The van der Waals surface area contributed by atoms with Gasteiger partial charge in [0.25, 0.3) is 0 Å². The van der Waals surface area contributed by atoms with Gasteiger partial charge in [-0.25, -0.2) is 0 Å². The average Bonchev–Trinajstić information content (AvgIpc) is 2.76. The maximum Gasteiger partial charge on any atom is 0.312 e. The highest BCUT2D eigenvalue weighted by Crippen LogP contribution is 2.34. The topological polar surface area (TPSA) is 46.6 Å². The van der Waals surface area contributed by atoms with E-state index in [1.54, 1.807) is 11.8 Å². The number of ether oxygens (including phenoxy) is 1. The number of hydrogen-bond acceptors (Lipinski definition) is 4. The van der Waals surface area contributed by atoms with Crippen molar-refractivity contribution in [1.29, 1.82) is 0 Å². The zero-order valence-electron chi connectivity index (χ0n) is 18.3. The van der Waals surface area contributed by atoms with Crippen LogP contribution in [-0.4, -0.2) is 29.9 Å². The highest BCUT2D eigenvalue weighted by atomic mass is 32.2. The Labute approximate surface area is 180 Å². The maximum atomic E-state index is 13.5. The van der Waals surface area contributed by atoms with Crippen molar-refractivity contribution in [1.82, 2.24) is 0 Å². The molecule has 4 nitrogen and oxygen atoms in total. The molecule has 5 heteroatoms. The lowest BCUT2D eigenvalue weighted by atomic mass is 9.87. The average molecular weight is 420 g/mol. The van der Waals surface area contributed by atoms with Crippen LogP contribution in [0.5, 0.6) is 5.75 Å². The summed E-state index contributed by atoms with van der Waals surface area (Å²) in [5, 5.41) is 0. The summed E-state index contributed by atoms with van der Waals surface area (Å²) in [6, 6.07) is 7.53. The number of nitrogens with zero attached hydrogens (tertiary/aromatic N) is 1. The second-order valence-electron chi connectivity index (χ2n) is 7.86. The van der Waals surface area contributed by atoms with E-state index in [1.807, 2.05) is 29.2 Å². The number of para-hydroxylation sites is 2. The van der Waals surface area contributed by atoms with Crippen LogP contribution in [0.1, 0.15) is 72.1 Å². The van der Waals surface area contributed by atoms with Crippen molar-refractivity contribution in [3.63, 3.8) is 0 Å². The van der Waals surface area contributed by atoms with Crippen molar-refractivity contribution in [2.45, 2.75) is 72.1 Å². The molecule has 0 saturated heterocycles. The molecule has 1 aliphatic rings. The first-order valence-corrected chi connectivity index (χ1v) is 12.4. The van der Waals surface area contributed by atoms with E-state index >= 15 is 0 Å². The van der Waals surface area contributed by atoms with Crippen LogP contribution >= 0.6 is 11.8 Å². The molecule has 1 saturated carbocycles. The zero-order chi connectivity index (χ0) is 21.1. The molecule has 0 aliphatic heterocycles. The summed E-state index contributed by atoms with van der Waals surface area (Å²) in [6.45, 7) is 7.12. The molecule has 0 aromatic heterocycles. The number of rotatable bonds is 11. The Kier molecular flexibility index (Phi) is 10.6. The summed E-state index contributed by atoms with van der Waals surface area (Å²) in [4.78, 5) is 27.7. The summed E-state index contributed by atoms with van der Waals surface area (Å²) in [6.07, 6.45) is 7.85. The third-order valence-corrected chi connectivity index (χ3v) is 6.75. The second kappa shape index (κ2) is 12.9. The lowest BCUT2D eigenvalue weighted by molar-refractivity contribution is -0.134. The number of anilines is 1. The number of carbonyl (C=O) groups excluding carboxylic acids is 2. The largest absolute Gasteiger partial charge is 0.424 e. The first kappa shape index (κ1) is 23.8. The van der Waals surface area contributed by atoms with Crippen LogP contribution in [0, 0.1) is 11.8 Å². The van der Waals surface area contributed by atoms with Gasteiger partial charge in [-0.2, -0.15) is 11.8 Å². The maximum absolute atomic E-state index is 13.5. The van der Waals surface area contributed by atoms with E-state index in [-0.39, 0.29) is 17.8 Å². The van der Waals surface area contributed by atoms with Gasteiger partial charge < -0.3 is 9.64 Å². The fourth-order valence-electron chi connectivity index (χ4n) is 3.92. The van der Waals surface area contributed by atoms with Crippen molar-refractivity contribution in [2.24, 2.45) is 11.8 Å². The summed E-state index contributed by atoms with van der Waals surface area (Å²) in [5.74, 6) is 2.75. The molecule has 0 atom stereocenters. The molecule has 2 rings (SSSR count). The Morgan fingerprint density at radius 2 is 1.79 bits per heavy atom. The molecule has 1 aromatic carbocycles. The Morgan fingerprint density at radius 1 is 1.10 bits per heavy atom. The van der Waals surface area contributed by atoms with Gasteiger partial charge in [-0.1, -0.05) is 65.0 Å². The van der Waals surface area contributed by atoms with Crippen LogP contribution in [0.15, 0.2) is 24.3 Å². The fourth-order valence-corrected chi connectivity index (χ4v) is 4.52. The minimum absolute atomic E-state index is 0.0859. The quantitative estimate of drug-likeness (QED) is 0.247. The minimum atomic E-state index is -0.231. The summed E-state index contributed by atoms with van der Waals surface area (Å²) >= 11 is 1.73. The van der Waals surface area contributed by atoms with Crippen LogP contribution in [-0.2, 0) is 9.59 Å². The van der Waals surface area contributed by atoms with Crippen LogP contribution in [0.25, 0.3) is 0 Å². The van der Waals surface area contributed by atoms with E-state index < -0.39 is 0 Å². The molecule has 1 amide bonds. The van der Waals surface area contributed by atoms with E-state index in [2.05, 4.69) is 20.8 Å². The van der Waals surface area contributed by atoms with Gasteiger partial charge in [0.2, 0.25) is 5.91 Å². The number of benzene rings is 1. The van der Waals surface area contributed by atoms with Crippen LogP contribution in [0.2, 0.25) is 0 Å². The molecule has 1 aliphatic carbocycles. The number of hydrogen-bond donors (Lipinski definition) is 0. The Bertz CT molecular complexity index is 639. The molecule has 0 spiro atoms. The normalized spacial score (nSPS) is 14.8. The predicted octanol–water partition coefficient (Wildman–Crippen LogP) is 6.08. The fraction of sp³-hybridized carbons (Fsp3) is 0.667. The lowest BCUT2D eigenvalue weighted by Crippen LogP contribution is -2.40. The molecule has 162 valence electrons. The van der Waals surface area contributed by atoms with Gasteiger partial charge in [0, 0.05) is 18.2 Å². The van der Waals surface area contributed by atoms with Gasteiger partial charge in [0.05, 0.1) is 12.1 Å². The molecular formula is C24H37NO3S. The minimum Gasteiger partial charge on any atom is -0.424 e. The van der Waals surface area contributed by atoms with Crippen molar-refractivity contribution in [3.8, 4) is 5.75 Å². The molecule has 0 radical (unpaired) electrons.